The number of nitriles is 1. The molecule has 1 aromatic carbocycles. The molecule has 8 nitrogen and oxygen atoms in total. The van der Waals surface area contributed by atoms with E-state index in [0.717, 1.165) is 6.54 Å². The summed E-state index contributed by atoms with van der Waals surface area (Å²) >= 11 is 0. The largest absolute Gasteiger partial charge is 0.493 e. The Labute approximate surface area is 197 Å². The molecule has 3 aromatic rings. The number of amides is 1. The van der Waals surface area contributed by atoms with Gasteiger partial charge in [-0.05, 0) is 57.0 Å². The second-order valence-electron chi connectivity index (χ2n) is 8.84. The van der Waals surface area contributed by atoms with Crippen LogP contribution >= 0.6 is 0 Å². The van der Waals surface area contributed by atoms with Crippen LogP contribution in [0.4, 0.5) is 4.39 Å². The maximum atomic E-state index is 14.4. The Morgan fingerprint density at radius 3 is 2.59 bits per heavy atom. The summed E-state index contributed by atoms with van der Waals surface area (Å²) in [6, 6.07) is 8.74. The van der Waals surface area contributed by atoms with E-state index in [2.05, 4.69) is 35.8 Å². The van der Waals surface area contributed by atoms with Gasteiger partial charge in [0.25, 0.3) is 5.91 Å². The van der Waals surface area contributed by atoms with Crippen LogP contribution in [0.25, 0.3) is 16.9 Å². The fourth-order valence-electron chi connectivity index (χ4n) is 4.51. The lowest BCUT2D eigenvalue weighted by Gasteiger charge is -2.42. The molecule has 0 aliphatic carbocycles. The van der Waals surface area contributed by atoms with E-state index in [-0.39, 0.29) is 29.0 Å². The minimum atomic E-state index is -0.628. The Balaban J connectivity index is 1.55. The highest BCUT2D eigenvalue weighted by Gasteiger charge is 2.28. The maximum absolute atomic E-state index is 14.4. The molecule has 1 N–H and O–H groups in total. The third-order valence-corrected chi connectivity index (χ3v) is 6.38. The van der Waals surface area contributed by atoms with Gasteiger partial charge in [-0.1, -0.05) is 6.07 Å². The van der Waals surface area contributed by atoms with Crippen LogP contribution < -0.4 is 0 Å². The summed E-state index contributed by atoms with van der Waals surface area (Å²) < 4.78 is 15.6. The van der Waals surface area contributed by atoms with Crippen molar-refractivity contribution in [3.8, 4) is 28.9 Å². The number of rotatable bonds is 4. The molecule has 1 aliphatic rings. The van der Waals surface area contributed by atoms with Crippen LogP contribution in [0.2, 0.25) is 0 Å². The van der Waals surface area contributed by atoms with Crippen LogP contribution in [0.15, 0.2) is 36.7 Å². The van der Waals surface area contributed by atoms with Crippen LogP contribution in [0, 0.1) is 24.1 Å². The van der Waals surface area contributed by atoms with Crippen molar-refractivity contribution in [3.63, 3.8) is 0 Å². The summed E-state index contributed by atoms with van der Waals surface area (Å²) in [5.74, 6) is -0.595. The van der Waals surface area contributed by atoms with Crippen LogP contribution in [-0.4, -0.2) is 67.3 Å². The van der Waals surface area contributed by atoms with Gasteiger partial charge >= 0.3 is 0 Å². The van der Waals surface area contributed by atoms with Crippen molar-refractivity contribution in [2.75, 3.05) is 19.6 Å². The SMILES string of the molecule is Cc1c(-c2cnn(-c3ccc(C(=O)N4CCN(C(C)C)C(C)C4)cn3)c2O)ccc(C#N)c1F. The molecule has 2 aromatic heterocycles. The zero-order valence-electron chi connectivity index (χ0n) is 19.7. The highest BCUT2D eigenvalue weighted by molar-refractivity contribution is 5.94. The van der Waals surface area contributed by atoms with Gasteiger partial charge in [0.2, 0.25) is 5.88 Å². The van der Waals surface area contributed by atoms with Crippen molar-refractivity contribution in [1.82, 2.24) is 24.6 Å². The van der Waals surface area contributed by atoms with Crippen LogP contribution in [0.1, 0.15) is 42.3 Å². The van der Waals surface area contributed by atoms with Gasteiger partial charge in [0.05, 0.1) is 22.9 Å². The monoisotopic (exact) mass is 462 g/mol. The number of aromatic nitrogens is 3. The molecule has 1 unspecified atom stereocenters. The van der Waals surface area contributed by atoms with Crippen molar-refractivity contribution in [2.24, 2.45) is 0 Å². The zero-order valence-corrected chi connectivity index (χ0v) is 19.7. The fraction of sp³-hybridized carbons (Fsp3) is 0.360. The van der Waals surface area contributed by atoms with Gasteiger partial charge in [0, 0.05) is 37.9 Å². The number of carbonyl (C=O) groups excluding carboxylic acids is 1. The number of nitrogens with zero attached hydrogens (tertiary/aromatic N) is 6. The van der Waals surface area contributed by atoms with Gasteiger partial charge in [0.15, 0.2) is 5.82 Å². The predicted octanol–water partition coefficient (Wildman–Crippen LogP) is 3.51. The molecule has 0 radical (unpaired) electrons. The maximum Gasteiger partial charge on any atom is 0.255 e. The third kappa shape index (κ3) is 4.13. The summed E-state index contributed by atoms with van der Waals surface area (Å²) in [4.78, 5) is 21.5. The number of hydrogen-bond donors (Lipinski definition) is 1. The Bertz CT molecular complexity index is 1260. The molecule has 1 amide bonds. The summed E-state index contributed by atoms with van der Waals surface area (Å²) in [6.07, 6.45) is 2.89. The first-order valence-electron chi connectivity index (χ1n) is 11.2. The van der Waals surface area contributed by atoms with E-state index in [1.807, 2.05) is 4.90 Å². The lowest BCUT2D eigenvalue weighted by molar-refractivity contribution is 0.0426. The first kappa shape index (κ1) is 23.4. The Morgan fingerprint density at radius 2 is 1.97 bits per heavy atom. The van der Waals surface area contributed by atoms with Crippen molar-refractivity contribution in [3.05, 3.63) is 59.2 Å². The molecule has 9 heteroatoms. The lowest BCUT2D eigenvalue weighted by atomic mass is 10.00. The number of benzene rings is 1. The van der Waals surface area contributed by atoms with Crippen LogP contribution in [0.3, 0.4) is 0 Å². The molecule has 0 spiro atoms. The molecule has 3 heterocycles. The summed E-state index contributed by atoms with van der Waals surface area (Å²) in [5, 5.41) is 24.0. The van der Waals surface area contributed by atoms with E-state index in [9.17, 15) is 14.3 Å². The molecule has 0 saturated carbocycles. The number of carbonyl (C=O) groups is 1. The van der Waals surface area contributed by atoms with E-state index < -0.39 is 5.82 Å². The minimum Gasteiger partial charge on any atom is -0.493 e. The smallest absolute Gasteiger partial charge is 0.255 e. The normalized spacial score (nSPS) is 16.6. The zero-order chi connectivity index (χ0) is 24.6. The predicted molar refractivity (Wildman–Crippen MR) is 125 cm³/mol. The molecule has 1 atom stereocenters. The van der Waals surface area contributed by atoms with E-state index in [1.165, 1.54) is 23.1 Å². The van der Waals surface area contributed by atoms with Gasteiger partial charge in [-0.25, -0.2) is 9.37 Å². The van der Waals surface area contributed by atoms with Gasteiger partial charge < -0.3 is 10.0 Å². The highest BCUT2D eigenvalue weighted by atomic mass is 19.1. The minimum absolute atomic E-state index is 0.0601. The van der Waals surface area contributed by atoms with Gasteiger partial charge in [0.1, 0.15) is 11.9 Å². The number of pyridine rings is 1. The van der Waals surface area contributed by atoms with Crippen LogP contribution in [0.5, 0.6) is 5.88 Å². The molecular formula is C25H27FN6O2. The molecule has 1 saturated heterocycles. The average molecular weight is 463 g/mol. The average Bonchev–Trinajstić information content (AvgIpc) is 3.21. The highest BCUT2D eigenvalue weighted by Crippen LogP contribution is 2.34. The van der Waals surface area contributed by atoms with Gasteiger partial charge in [-0.3, -0.25) is 9.69 Å². The molecule has 176 valence electrons. The Hall–Kier alpha value is -3.77. The molecule has 1 aliphatic heterocycles. The molecule has 0 bridgehead atoms. The number of halogens is 1. The first-order valence-corrected chi connectivity index (χ1v) is 11.2. The second-order valence-corrected chi connectivity index (χ2v) is 8.84. The molecule has 34 heavy (non-hydrogen) atoms. The van der Waals surface area contributed by atoms with Gasteiger partial charge in [-0.15, -0.1) is 0 Å². The fourth-order valence-corrected chi connectivity index (χ4v) is 4.51. The van der Waals surface area contributed by atoms with Crippen molar-refractivity contribution < 1.29 is 14.3 Å². The van der Waals surface area contributed by atoms with Crippen molar-refractivity contribution >= 4 is 5.91 Å². The van der Waals surface area contributed by atoms with Crippen LogP contribution in [-0.2, 0) is 0 Å². The summed E-state index contributed by atoms with van der Waals surface area (Å²) in [5.41, 5.74) is 1.40. The first-order chi connectivity index (χ1) is 16.2. The summed E-state index contributed by atoms with van der Waals surface area (Å²) in [7, 11) is 0. The number of aromatic hydroxyl groups is 1. The Morgan fingerprint density at radius 1 is 1.21 bits per heavy atom. The van der Waals surface area contributed by atoms with E-state index >= 15 is 0 Å². The number of piperazine rings is 1. The quantitative estimate of drug-likeness (QED) is 0.637. The van der Waals surface area contributed by atoms with E-state index in [4.69, 9.17) is 5.26 Å². The molecule has 4 rings (SSSR count). The number of hydrogen-bond acceptors (Lipinski definition) is 6. The van der Waals surface area contributed by atoms with Crippen molar-refractivity contribution in [2.45, 2.75) is 39.8 Å². The van der Waals surface area contributed by atoms with E-state index in [0.29, 0.717) is 41.6 Å². The topological polar surface area (TPSA) is 98.3 Å². The second kappa shape index (κ2) is 9.23. The van der Waals surface area contributed by atoms with Gasteiger partial charge in [-0.2, -0.15) is 15.0 Å². The lowest BCUT2D eigenvalue weighted by Crippen LogP contribution is -2.55. The standard InChI is InChI=1S/C25H27FN6O2/c1-15(2)31-10-9-30(14-16(31)3)24(33)19-6-8-22(28-12-19)32-25(34)21(13-29-32)20-7-5-18(11-27)23(26)17(20)4/h5-8,12-13,15-16,34H,9-10,14H2,1-4H3. The summed E-state index contributed by atoms with van der Waals surface area (Å²) in [6.45, 7) is 10.1. The Kier molecular flexibility index (Phi) is 6.35. The van der Waals surface area contributed by atoms with E-state index in [1.54, 1.807) is 31.2 Å². The molecule has 1 fully saturated rings. The van der Waals surface area contributed by atoms with Crippen molar-refractivity contribution in [1.29, 1.82) is 5.26 Å². The molecular weight excluding hydrogens is 435 g/mol. The third-order valence-electron chi connectivity index (χ3n) is 6.38.